The minimum Gasteiger partial charge on any atom is -0.354 e. The van der Waals surface area contributed by atoms with E-state index in [1.807, 2.05) is 55.7 Å². The lowest BCUT2D eigenvalue weighted by atomic mass is 9.93. The van der Waals surface area contributed by atoms with E-state index in [1.165, 1.54) is 0 Å². The van der Waals surface area contributed by atoms with Crippen LogP contribution >= 0.6 is 0 Å². The molecule has 1 aromatic carbocycles. The van der Waals surface area contributed by atoms with Crippen LogP contribution in [0, 0.1) is 5.92 Å². The fourth-order valence-electron chi connectivity index (χ4n) is 3.44. The van der Waals surface area contributed by atoms with Crippen molar-refractivity contribution in [1.82, 2.24) is 19.7 Å². The highest BCUT2D eigenvalue weighted by atomic mass is 16.1. The first-order chi connectivity index (χ1) is 12.7. The van der Waals surface area contributed by atoms with Crippen molar-refractivity contribution in [3.63, 3.8) is 0 Å². The average Bonchev–Trinajstić information content (AvgIpc) is 3.14. The number of imidazole rings is 1. The first kappa shape index (κ1) is 16.4. The van der Waals surface area contributed by atoms with Crippen molar-refractivity contribution in [3.8, 4) is 11.3 Å². The molecule has 26 heavy (non-hydrogen) atoms. The first-order valence-electron chi connectivity index (χ1n) is 8.88. The highest BCUT2D eigenvalue weighted by Crippen LogP contribution is 2.25. The summed E-state index contributed by atoms with van der Waals surface area (Å²) < 4.78 is 1.79. The summed E-state index contributed by atoms with van der Waals surface area (Å²) >= 11 is 0. The smallest absolute Gasteiger partial charge is 0.203 e. The van der Waals surface area contributed by atoms with Crippen LogP contribution in [-0.4, -0.2) is 38.6 Å². The summed E-state index contributed by atoms with van der Waals surface area (Å²) in [4.78, 5) is 19.1. The van der Waals surface area contributed by atoms with Gasteiger partial charge in [0.15, 0.2) is 11.6 Å². The maximum Gasteiger partial charge on any atom is 0.203 e. The zero-order valence-electron chi connectivity index (χ0n) is 14.7. The van der Waals surface area contributed by atoms with E-state index in [9.17, 15) is 4.79 Å². The number of aryl methyl sites for hydroxylation is 1. The van der Waals surface area contributed by atoms with E-state index in [1.54, 1.807) is 10.8 Å². The molecule has 3 aromatic rings. The number of benzene rings is 1. The third kappa shape index (κ3) is 3.22. The minimum absolute atomic E-state index is 0.0551. The second kappa shape index (κ2) is 7.07. The predicted octanol–water partition coefficient (Wildman–Crippen LogP) is 2.98. The van der Waals surface area contributed by atoms with Crippen LogP contribution in [0.15, 0.2) is 54.9 Å². The van der Waals surface area contributed by atoms with E-state index in [-0.39, 0.29) is 11.7 Å². The molecule has 0 unspecified atom stereocenters. The lowest BCUT2D eigenvalue weighted by molar-refractivity contribution is 0.0893. The SMILES string of the molecule is Cn1ccnc1C(=O)[C@@H]1CCCN(c2ccc(-c3ccccc3)nn2)C1. The standard InChI is InChI=1S/C20H21N5O/c1-24-13-11-21-20(24)19(26)16-8-5-12-25(14-16)18-10-9-17(22-23-18)15-6-3-2-4-7-15/h2-4,6-7,9-11,13,16H,5,8,12,14H2,1H3/t16-/m1/s1. The van der Waals surface area contributed by atoms with Crippen LogP contribution in [0.5, 0.6) is 0 Å². The van der Waals surface area contributed by atoms with Crippen LogP contribution in [0.3, 0.4) is 0 Å². The molecule has 0 spiro atoms. The molecule has 0 saturated carbocycles. The van der Waals surface area contributed by atoms with Gasteiger partial charge in [0.25, 0.3) is 0 Å². The number of ketones is 1. The Morgan fingerprint density at radius 1 is 1.12 bits per heavy atom. The molecule has 2 aromatic heterocycles. The summed E-state index contributed by atoms with van der Waals surface area (Å²) in [5, 5.41) is 8.76. The summed E-state index contributed by atoms with van der Waals surface area (Å²) in [7, 11) is 1.86. The highest BCUT2D eigenvalue weighted by molar-refractivity contribution is 5.95. The Kier molecular flexibility index (Phi) is 4.48. The fraction of sp³-hybridized carbons (Fsp3) is 0.300. The van der Waals surface area contributed by atoms with Gasteiger partial charge in [-0.3, -0.25) is 4.79 Å². The third-order valence-electron chi connectivity index (χ3n) is 4.88. The second-order valence-corrected chi connectivity index (χ2v) is 6.65. The van der Waals surface area contributed by atoms with Gasteiger partial charge in [-0.1, -0.05) is 30.3 Å². The molecule has 0 N–H and O–H groups in total. The molecule has 1 atom stereocenters. The summed E-state index contributed by atoms with van der Waals surface area (Å²) in [5.74, 6) is 1.40. The molecular weight excluding hydrogens is 326 g/mol. The maximum atomic E-state index is 12.8. The Bertz CT molecular complexity index is 888. The fourth-order valence-corrected chi connectivity index (χ4v) is 3.44. The Balaban J connectivity index is 1.49. The van der Waals surface area contributed by atoms with Gasteiger partial charge in [0, 0.05) is 44.0 Å². The van der Waals surface area contributed by atoms with Crippen molar-refractivity contribution >= 4 is 11.6 Å². The van der Waals surface area contributed by atoms with Crippen molar-refractivity contribution in [2.75, 3.05) is 18.0 Å². The van der Waals surface area contributed by atoms with Crippen LogP contribution in [0.2, 0.25) is 0 Å². The molecule has 1 fully saturated rings. The monoisotopic (exact) mass is 347 g/mol. The number of aromatic nitrogens is 4. The van der Waals surface area contributed by atoms with Crippen molar-refractivity contribution in [2.45, 2.75) is 12.8 Å². The third-order valence-corrected chi connectivity index (χ3v) is 4.88. The Morgan fingerprint density at radius 3 is 2.65 bits per heavy atom. The molecule has 0 aliphatic carbocycles. The van der Waals surface area contributed by atoms with E-state index in [0.29, 0.717) is 12.4 Å². The van der Waals surface area contributed by atoms with Crippen molar-refractivity contribution < 1.29 is 4.79 Å². The lowest BCUT2D eigenvalue weighted by Crippen LogP contribution is -2.39. The topological polar surface area (TPSA) is 63.9 Å². The summed E-state index contributed by atoms with van der Waals surface area (Å²) in [6.07, 6.45) is 5.32. The number of anilines is 1. The van der Waals surface area contributed by atoms with Gasteiger partial charge in [0.2, 0.25) is 5.78 Å². The van der Waals surface area contributed by atoms with E-state index in [4.69, 9.17) is 0 Å². The van der Waals surface area contributed by atoms with Crippen LogP contribution in [0.1, 0.15) is 23.5 Å². The number of rotatable bonds is 4. The normalized spacial score (nSPS) is 17.3. The number of hydrogen-bond acceptors (Lipinski definition) is 5. The van der Waals surface area contributed by atoms with Crippen LogP contribution in [0.4, 0.5) is 5.82 Å². The molecule has 0 amide bonds. The number of carbonyl (C=O) groups is 1. The van der Waals surface area contributed by atoms with Gasteiger partial charge in [0.1, 0.15) is 0 Å². The minimum atomic E-state index is -0.0551. The molecule has 0 bridgehead atoms. The molecule has 1 aliphatic heterocycles. The van der Waals surface area contributed by atoms with E-state index < -0.39 is 0 Å². The first-order valence-corrected chi connectivity index (χ1v) is 8.88. The van der Waals surface area contributed by atoms with E-state index in [0.717, 1.165) is 36.5 Å². The van der Waals surface area contributed by atoms with E-state index in [2.05, 4.69) is 20.1 Å². The molecule has 4 rings (SSSR count). The molecule has 132 valence electrons. The predicted molar refractivity (Wildman–Crippen MR) is 99.9 cm³/mol. The number of piperidine rings is 1. The molecule has 0 radical (unpaired) electrons. The van der Waals surface area contributed by atoms with Crippen molar-refractivity contribution in [2.24, 2.45) is 13.0 Å². The molecule has 6 heteroatoms. The number of Topliss-reactive ketones (excluding diaryl/α,β-unsaturated/α-hetero) is 1. The van der Waals surface area contributed by atoms with Crippen molar-refractivity contribution in [1.29, 1.82) is 0 Å². The quantitative estimate of drug-likeness (QED) is 0.679. The second-order valence-electron chi connectivity index (χ2n) is 6.65. The summed E-state index contributed by atoms with van der Waals surface area (Å²) in [6, 6.07) is 14.0. The average molecular weight is 347 g/mol. The van der Waals surface area contributed by atoms with Gasteiger partial charge in [-0.2, -0.15) is 0 Å². The Labute approximate surface area is 152 Å². The van der Waals surface area contributed by atoms with Crippen LogP contribution < -0.4 is 4.90 Å². The van der Waals surface area contributed by atoms with Gasteiger partial charge >= 0.3 is 0 Å². The molecular formula is C20H21N5O. The van der Waals surface area contributed by atoms with Gasteiger partial charge in [-0.05, 0) is 25.0 Å². The van der Waals surface area contributed by atoms with E-state index >= 15 is 0 Å². The van der Waals surface area contributed by atoms with Crippen molar-refractivity contribution in [3.05, 3.63) is 60.7 Å². The number of carbonyl (C=O) groups excluding carboxylic acids is 1. The lowest BCUT2D eigenvalue weighted by Gasteiger charge is -2.32. The Hall–Kier alpha value is -3.02. The number of hydrogen-bond donors (Lipinski definition) is 0. The highest BCUT2D eigenvalue weighted by Gasteiger charge is 2.29. The zero-order chi connectivity index (χ0) is 17.9. The van der Waals surface area contributed by atoms with Gasteiger partial charge < -0.3 is 9.47 Å². The molecule has 1 aliphatic rings. The largest absolute Gasteiger partial charge is 0.354 e. The Morgan fingerprint density at radius 2 is 1.96 bits per heavy atom. The van der Waals surface area contributed by atoms with Gasteiger partial charge in [0.05, 0.1) is 5.69 Å². The van der Waals surface area contributed by atoms with Crippen LogP contribution in [0.25, 0.3) is 11.3 Å². The van der Waals surface area contributed by atoms with Gasteiger partial charge in [-0.15, -0.1) is 10.2 Å². The molecule has 6 nitrogen and oxygen atoms in total. The molecule has 3 heterocycles. The maximum absolute atomic E-state index is 12.8. The van der Waals surface area contributed by atoms with Gasteiger partial charge in [-0.25, -0.2) is 4.98 Å². The summed E-state index contributed by atoms with van der Waals surface area (Å²) in [5.41, 5.74) is 1.90. The summed E-state index contributed by atoms with van der Waals surface area (Å²) in [6.45, 7) is 1.55. The molecule has 1 saturated heterocycles. The zero-order valence-corrected chi connectivity index (χ0v) is 14.7. The van der Waals surface area contributed by atoms with Crippen LogP contribution in [-0.2, 0) is 7.05 Å². The number of nitrogens with zero attached hydrogens (tertiary/aromatic N) is 5.